The van der Waals surface area contributed by atoms with E-state index in [4.69, 9.17) is 9.47 Å². The maximum Gasteiger partial charge on any atom is 0.417 e. The molecule has 1 aliphatic rings. The van der Waals surface area contributed by atoms with Crippen LogP contribution >= 0.6 is 0 Å². The number of benzene rings is 3. The molecule has 1 amide bonds. The van der Waals surface area contributed by atoms with Gasteiger partial charge in [0, 0.05) is 22.3 Å². The van der Waals surface area contributed by atoms with Gasteiger partial charge in [-0.3, -0.25) is 9.69 Å². The van der Waals surface area contributed by atoms with E-state index < -0.39 is 35.4 Å². The number of H-pyrrole nitrogens is 1. The Hall–Kier alpha value is -4.60. The number of aromatic amines is 1. The molecule has 37 heavy (non-hydrogen) atoms. The predicted octanol–water partition coefficient (Wildman–Crippen LogP) is 5.40. The molecule has 10 heteroatoms. The number of halogens is 3. The zero-order valence-corrected chi connectivity index (χ0v) is 19.1. The Labute approximate surface area is 208 Å². The number of fused-ring (bicyclic) bond motifs is 1. The van der Waals surface area contributed by atoms with Gasteiger partial charge >= 0.3 is 18.2 Å². The van der Waals surface area contributed by atoms with Crippen molar-refractivity contribution < 1.29 is 32.2 Å². The first-order valence-electron chi connectivity index (χ1n) is 11.2. The molecular weight excluding hydrogens is 489 g/mol. The number of carbonyl (C=O) groups excluding carboxylic acids is 2. The zero-order chi connectivity index (χ0) is 26.2. The van der Waals surface area contributed by atoms with Crippen molar-refractivity contribution in [3.05, 3.63) is 100 Å². The lowest BCUT2D eigenvalue weighted by atomic mass is 10.0. The van der Waals surface area contributed by atoms with Gasteiger partial charge in [-0.2, -0.15) is 13.2 Å². The Bertz CT molecular complexity index is 1550. The number of amides is 1. The Kier molecular flexibility index (Phi) is 6.16. The molecule has 1 fully saturated rings. The summed E-state index contributed by atoms with van der Waals surface area (Å²) in [5.74, 6) is -0.554. The average molecular weight is 508 g/mol. The second-order valence-corrected chi connectivity index (χ2v) is 8.39. The van der Waals surface area contributed by atoms with E-state index in [-0.39, 0.29) is 29.9 Å². The number of nitrogens with zero attached hydrogens (tertiary/aromatic N) is 1. The number of hydrogen-bond donors (Lipinski definition) is 1. The molecule has 1 unspecified atom stereocenters. The van der Waals surface area contributed by atoms with Crippen LogP contribution in [-0.2, 0) is 15.7 Å². The van der Waals surface area contributed by atoms with E-state index in [0.29, 0.717) is 16.6 Å². The minimum Gasteiger partial charge on any atom is -0.460 e. The minimum absolute atomic E-state index is 0.0180. The number of rotatable bonds is 5. The summed E-state index contributed by atoms with van der Waals surface area (Å²) >= 11 is 0. The quantitative estimate of drug-likeness (QED) is 0.365. The molecular formula is C27H19F3N2O5. The number of pyridine rings is 1. The SMILES string of the molecule is O=C(OCC1COC(=O)N1c1ccc2cc(-c3ccccc3C(F)(F)F)[nH]c(=O)c2c1)c1ccccc1. The fourth-order valence-corrected chi connectivity index (χ4v) is 4.24. The molecule has 2 heterocycles. The van der Waals surface area contributed by atoms with Crippen LogP contribution in [0.2, 0.25) is 0 Å². The number of carbonyl (C=O) groups is 2. The van der Waals surface area contributed by atoms with Gasteiger partial charge < -0.3 is 14.5 Å². The first-order valence-corrected chi connectivity index (χ1v) is 11.2. The number of aromatic nitrogens is 1. The molecule has 1 aromatic heterocycles. The number of hydrogen-bond acceptors (Lipinski definition) is 5. The summed E-state index contributed by atoms with van der Waals surface area (Å²) in [5.41, 5.74) is -0.935. The zero-order valence-electron chi connectivity index (χ0n) is 19.1. The Balaban J connectivity index is 1.44. The van der Waals surface area contributed by atoms with Gasteiger partial charge in [0.1, 0.15) is 19.3 Å². The summed E-state index contributed by atoms with van der Waals surface area (Å²) in [6.45, 7) is -0.163. The van der Waals surface area contributed by atoms with Crippen LogP contribution in [0.25, 0.3) is 22.0 Å². The Morgan fingerprint density at radius 3 is 2.49 bits per heavy atom. The summed E-state index contributed by atoms with van der Waals surface area (Å²) in [4.78, 5) is 41.5. The summed E-state index contributed by atoms with van der Waals surface area (Å²) in [7, 11) is 0. The van der Waals surface area contributed by atoms with E-state index in [9.17, 15) is 27.6 Å². The van der Waals surface area contributed by atoms with Gasteiger partial charge in [0.2, 0.25) is 0 Å². The lowest BCUT2D eigenvalue weighted by Crippen LogP contribution is -2.37. The number of ether oxygens (including phenoxy) is 2. The van der Waals surface area contributed by atoms with E-state index in [1.54, 1.807) is 36.4 Å². The number of esters is 1. The Morgan fingerprint density at radius 2 is 1.73 bits per heavy atom. The molecule has 1 atom stereocenters. The van der Waals surface area contributed by atoms with Crippen LogP contribution in [0.1, 0.15) is 15.9 Å². The van der Waals surface area contributed by atoms with Gasteiger partial charge in [-0.15, -0.1) is 0 Å². The van der Waals surface area contributed by atoms with Crippen molar-refractivity contribution in [2.75, 3.05) is 18.1 Å². The van der Waals surface area contributed by atoms with Crippen LogP contribution in [-0.4, -0.2) is 36.3 Å². The number of anilines is 1. The highest BCUT2D eigenvalue weighted by Gasteiger charge is 2.36. The van der Waals surface area contributed by atoms with Gasteiger partial charge in [0.15, 0.2) is 0 Å². The minimum atomic E-state index is -4.60. The summed E-state index contributed by atoms with van der Waals surface area (Å²) in [6.07, 6.45) is -5.27. The highest BCUT2D eigenvalue weighted by Crippen LogP contribution is 2.37. The van der Waals surface area contributed by atoms with E-state index >= 15 is 0 Å². The molecule has 1 N–H and O–H groups in total. The predicted molar refractivity (Wildman–Crippen MR) is 129 cm³/mol. The second kappa shape index (κ2) is 9.45. The Morgan fingerprint density at radius 1 is 1.00 bits per heavy atom. The van der Waals surface area contributed by atoms with Crippen LogP contribution in [0.5, 0.6) is 0 Å². The fraction of sp³-hybridized carbons (Fsp3) is 0.148. The van der Waals surface area contributed by atoms with Gasteiger partial charge in [-0.05, 0) is 41.8 Å². The van der Waals surface area contributed by atoms with Crippen LogP contribution in [0.4, 0.5) is 23.7 Å². The van der Waals surface area contributed by atoms with Crippen molar-refractivity contribution in [1.82, 2.24) is 4.98 Å². The molecule has 5 rings (SSSR count). The molecule has 3 aromatic carbocycles. The number of cyclic esters (lactones) is 1. The van der Waals surface area contributed by atoms with Crippen molar-refractivity contribution in [1.29, 1.82) is 0 Å². The van der Waals surface area contributed by atoms with E-state index in [1.807, 2.05) is 0 Å². The summed E-state index contributed by atoms with van der Waals surface area (Å²) < 4.78 is 50.9. The van der Waals surface area contributed by atoms with Crippen molar-refractivity contribution in [3.63, 3.8) is 0 Å². The van der Waals surface area contributed by atoms with Crippen molar-refractivity contribution in [3.8, 4) is 11.3 Å². The second-order valence-electron chi connectivity index (χ2n) is 8.39. The lowest BCUT2D eigenvalue weighted by molar-refractivity contribution is -0.137. The first kappa shape index (κ1) is 24.1. The van der Waals surface area contributed by atoms with Crippen molar-refractivity contribution in [2.45, 2.75) is 12.2 Å². The fourth-order valence-electron chi connectivity index (χ4n) is 4.24. The van der Waals surface area contributed by atoms with Crippen LogP contribution < -0.4 is 10.5 Å². The van der Waals surface area contributed by atoms with Gasteiger partial charge in [-0.1, -0.05) is 42.5 Å². The van der Waals surface area contributed by atoms with Gasteiger partial charge in [-0.25, -0.2) is 9.59 Å². The third-order valence-electron chi connectivity index (χ3n) is 6.01. The number of nitrogens with one attached hydrogen (secondary N) is 1. The van der Waals surface area contributed by atoms with Crippen LogP contribution in [0.3, 0.4) is 0 Å². The molecule has 0 spiro atoms. The monoisotopic (exact) mass is 508 g/mol. The van der Waals surface area contributed by atoms with Gasteiger partial charge in [0.25, 0.3) is 5.56 Å². The largest absolute Gasteiger partial charge is 0.460 e. The third kappa shape index (κ3) is 4.77. The molecule has 0 radical (unpaired) electrons. The lowest BCUT2D eigenvalue weighted by Gasteiger charge is -2.21. The van der Waals surface area contributed by atoms with E-state index in [0.717, 1.165) is 6.07 Å². The third-order valence-corrected chi connectivity index (χ3v) is 6.01. The smallest absolute Gasteiger partial charge is 0.417 e. The molecule has 1 aliphatic heterocycles. The van der Waals surface area contributed by atoms with Crippen molar-refractivity contribution in [2.24, 2.45) is 0 Å². The van der Waals surface area contributed by atoms with Crippen LogP contribution in [0.15, 0.2) is 83.7 Å². The standard InChI is InChI=1S/C27H19F3N2O5/c28-27(29,30)22-9-5-4-8-20(22)23-12-17-10-11-18(13-21(17)24(33)31-23)32-19(15-37-26(32)35)14-36-25(34)16-6-2-1-3-7-16/h1-13,19H,14-15H2,(H,31,33). The maximum atomic E-state index is 13.5. The molecule has 4 aromatic rings. The average Bonchev–Trinajstić information content (AvgIpc) is 3.27. The molecule has 188 valence electrons. The van der Waals surface area contributed by atoms with Crippen LogP contribution in [0, 0.1) is 0 Å². The molecule has 1 saturated heterocycles. The normalized spacial score (nSPS) is 15.6. The molecule has 0 aliphatic carbocycles. The van der Waals surface area contributed by atoms with E-state index in [1.165, 1.54) is 41.3 Å². The van der Waals surface area contributed by atoms with Gasteiger partial charge in [0.05, 0.1) is 11.1 Å². The highest BCUT2D eigenvalue weighted by molar-refractivity contribution is 5.95. The summed E-state index contributed by atoms with van der Waals surface area (Å²) in [5, 5.41) is 0.560. The molecule has 7 nitrogen and oxygen atoms in total. The van der Waals surface area contributed by atoms with E-state index in [2.05, 4.69) is 4.98 Å². The summed E-state index contributed by atoms with van der Waals surface area (Å²) in [6, 6.07) is 18.7. The topological polar surface area (TPSA) is 88.7 Å². The maximum absolute atomic E-state index is 13.5. The number of alkyl halides is 3. The molecule has 0 bridgehead atoms. The first-order chi connectivity index (χ1) is 17.7. The molecule has 0 saturated carbocycles. The highest BCUT2D eigenvalue weighted by atomic mass is 19.4. The van der Waals surface area contributed by atoms with Crippen molar-refractivity contribution >= 4 is 28.5 Å².